The molecular weight excluding hydrogens is 457 g/mol. The van der Waals surface area contributed by atoms with Crippen molar-refractivity contribution in [3.8, 4) is 5.75 Å². The van der Waals surface area contributed by atoms with E-state index in [1.165, 1.54) is 18.4 Å². The maximum Gasteiger partial charge on any atom is 0.191 e. The SMILES string of the molecule is CN=C(NCCCOC1CCOC1)NCC1(c2ccc(OC)cc2)CC1.I. The van der Waals surface area contributed by atoms with E-state index in [2.05, 4.69) is 27.8 Å². The Labute approximate surface area is 179 Å². The van der Waals surface area contributed by atoms with Crippen molar-refractivity contribution >= 4 is 29.9 Å². The molecule has 1 saturated carbocycles. The van der Waals surface area contributed by atoms with Gasteiger partial charge in [0.2, 0.25) is 0 Å². The van der Waals surface area contributed by atoms with E-state index in [9.17, 15) is 0 Å². The highest BCUT2D eigenvalue weighted by Crippen LogP contribution is 2.47. The highest BCUT2D eigenvalue weighted by atomic mass is 127. The Kier molecular flexibility index (Phi) is 9.11. The summed E-state index contributed by atoms with van der Waals surface area (Å²) >= 11 is 0. The molecular formula is C20H32IN3O3. The third kappa shape index (κ3) is 6.50. The number of rotatable bonds is 9. The van der Waals surface area contributed by atoms with Crippen LogP contribution >= 0.6 is 24.0 Å². The summed E-state index contributed by atoms with van der Waals surface area (Å²) in [6.45, 7) is 4.07. The zero-order valence-corrected chi connectivity index (χ0v) is 18.7. The molecule has 1 heterocycles. The number of ether oxygens (including phenoxy) is 3. The first-order valence-corrected chi connectivity index (χ1v) is 9.54. The Hall–Kier alpha value is -1.06. The number of nitrogens with zero attached hydrogens (tertiary/aromatic N) is 1. The Balaban J connectivity index is 0.00000261. The minimum atomic E-state index is 0. The molecule has 2 N–H and O–H groups in total. The molecule has 1 aliphatic heterocycles. The van der Waals surface area contributed by atoms with Crippen LogP contribution in [0.2, 0.25) is 0 Å². The van der Waals surface area contributed by atoms with Gasteiger partial charge in [0.1, 0.15) is 5.75 Å². The Bertz CT molecular complexity index is 585. The van der Waals surface area contributed by atoms with Gasteiger partial charge in [0, 0.05) is 38.8 Å². The molecule has 0 amide bonds. The van der Waals surface area contributed by atoms with Gasteiger partial charge in [-0.1, -0.05) is 12.1 Å². The standard InChI is InChI=1S/C20H31N3O3.HI/c1-21-19(22-11-3-12-26-18-8-13-25-14-18)23-15-20(9-10-20)16-4-6-17(24-2)7-5-16;/h4-7,18H,3,8-15H2,1-2H3,(H2,21,22,23);1H. The molecule has 152 valence electrons. The van der Waals surface area contributed by atoms with Gasteiger partial charge < -0.3 is 24.8 Å². The van der Waals surface area contributed by atoms with Crippen molar-refractivity contribution in [1.29, 1.82) is 0 Å². The van der Waals surface area contributed by atoms with Crippen LogP contribution in [0.3, 0.4) is 0 Å². The molecule has 2 aliphatic rings. The van der Waals surface area contributed by atoms with Crippen LogP contribution in [0.1, 0.15) is 31.2 Å². The van der Waals surface area contributed by atoms with E-state index in [0.29, 0.717) is 0 Å². The lowest BCUT2D eigenvalue weighted by Gasteiger charge is -2.19. The van der Waals surface area contributed by atoms with Gasteiger partial charge in [0.05, 0.1) is 19.8 Å². The van der Waals surface area contributed by atoms with Crippen LogP contribution in [0.15, 0.2) is 29.3 Å². The normalized spacial score (nSPS) is 20.7. The smallest absolute Gasteiger partial charge is 0.191 e. The maximum atomic E-state index is 5.78. The molecule has 0 spiro atoms. The number of hydrogen-bond acceptors (Lipinski definition) is 4. The number of benzene rings is 1. The first kappa shape index (κ1) is 22.2. The van der Waals surface area contributed by atoms with Crippen LogP contribution in [0, 0.1) is 0 Å². The third-order valence-corrected chi connectivity index (χ3v) is 5.23. The predicted molar refractivity (Wildman–Crippen MR) is 118 cm³/mol. The van der Waals surface area contributed by atoms with Crippen LogP contribution in [0.25, 0.3) is 0 Å². The van der Waals surface area contributed by atoms with Gasteiger partial charge in [-0.15, -0.1) is 24.0 Å². The molecule has 2 fully saturated rings. The number of guanidine groups is 1. The van der Waals surface area contributed by atoms with E-state index >= 15 is 0 Å². The summed E-state index contributed by atoms with van der Waals surface area (Å²) in [4.78, 5) is 4.33. The quantitative estimate of drug-likeness (QED) is 0.242. The van der Waals surface area contributed by atoms with Gasteiger partial charge in [-0.25, -0.2) is 0 Å². The van der Waals surface area contributed by atoms with Crippen molar-refractivity contribution in [3.63, 3.8) is 0 Å². The molecule has 0 radical (unpaired) electrons. The molecule has 3 rings (SSSR count). The summed E-state index contributed by atoms with van der Waals surface area (Å²) in [5.41, 5.74) is 1.60. The second-order valence-electron chi connectivity index (χ2n) is 7.07. The highest BCUT2D eigenvalue weighted by molar-refractivity contribution is 14.0. The molecule has 1 aliphatic carbocycles. The molecule has 1 saturated heterocycles. The van der Waals surface area contributed by atoms with E-state index in [4.69, 9.17) is 14.2 Å². The molecule has 27 heavy (non-hydrogen) atoms. The number of aliphatic imine (C=N–C) groups is 1. The van der Waals surface area contributed by atoms with E-state index in [1.54, 1.807) is 7.11 Å². The average molecular weight is 489 g/mol. The summed E-state index contributed by atoms with van der Waals surface area (Å²) in [6, 6.07) is 8.43. The van der Waals surface area contributed by atoms with Gasteiger partial charge in [0.15, 0.2) is 5.96 Å². The maximum absolute atomic E-state index is 5.78. The largest absolute Gasteiger partial charge is 0.497 e. The molecule has 1 aromatic rings. The zero-order valence-electron chi connectivity index (χ0n) is 16.3. The number of methoxy groups -OCH3 is 1. The predicted octanol–water partition coefficient (Wildman–Crippen LogP) is 2.71. The lowest BCUT2D eigenvalue weighted by Crippen LogP contribution is -2.41. The summed E-state index contributed by atoms with van der Waals surface area (Å²) in [5.74, 6) is 1.76. The van der Waals surface area contributed by atoms with Gasteiger partial charge in [-0.2, -0.15) is 0 Å². The van der Waals surface area contributed by atoms with E-state index in [1.807, 2.05) is 19.2 Å². The van der Waals surface area contributed by atoms with Crippen LogP contribution in [0.4, 0.5) is 0 Å². The number of hydrogen-bond donors (Lipinski definition) is 2. The summed E-state index contributed by atoms with van der Waals surface area (Å²) in [7, 11) is 3.51. The number of nitrogens with one attached hydrogen (secondary N) is 2. The van der Waals surface area contributed by atoms with Gasteiger partial charge in [-0.3, -0.25) is 4.99 Å². The Morgan fingerprint density at radius 2 is 2.04 bits per heavy atom. The lowest BCUT2D eigenvalue weighted by atomic mass is 9.96. The Morgan fingerprint density at radius 3 is 2.63 bits per heavy atom. The molecule has 7 heteroatoms. The summed E-state index contributed by atoms with van der Waals surface area (Å²) in [6.07, 6.45) is 4.68. The average Bonchev–Trinajstić information content (AvgIpc) is 3.30. The third-order valence-electron chi connectivity index (χ3n) is 5.23. The molecule has 1 atom stereocenters. The minimum Gasteiger partial charge on any atom is -0.497 e. The molecule has 1 unspecified atom stereocenters. The molecule has 0 bridgehead atoms. The minimum absolute atomic E-state index is 0. The summed E-state index contributed by atoms with van der Waals surface area (Å²) in [5, 5.41) is 6.85. The first-order chi connectivity index (χ1) is 12.8. The van der Waals surface area contributed by atoms with Crippen LogP contribution in [0.5, 0.6) is 5.75 Å². The van der Waals surface area contributed by atoms with Crippen molar-refractivity contribution in [2.45, 2.75) is 37.2 Å². The van der Waals surface area contributed by atoms with Gasteiger partial charge >= 0.3 is 0 Å². The first-order valence-electron chi connectivity index (χ1n) is 9.54. The Morgan fingerprint density at radius 1 is 1.26 bits per heavy atom. The van der Waals surface area contributed by atoms with Crippen LogP contribution in [-0.4, -0.2) is 59.1 Å². The van der Waals surface area contributed by atoms with Crippen molar-refractivity contribution in [2.75, 3.05) is 47.1 Å². The molecule has 1 aromatic carbocycles. The van der Waals surface area contributed by atoms with Gasteiger partial charge in [0.25, 0.3) is 0 Å². The van der Waals surface area contributed by atoms with Crippen LogP contribution in [-0.2, 0) is 14.9 Å². The zero-order chi connectivity index (χ0) is 18.2. The number of halogens is 1. The van der Waals surface area contributed by atoms with E-state index < -0.39 is 0 Å². The van der Waals surface area contributed by atoms with Crippen molar-refractivity contribution in [1.82, 2.24) is 10.6 Å². The van der Waals surface area contributed by atoms with Gasteiger partial charge in [-0.05, 0) is 43.4 Å². The second-order valence-corrected chi connectivity index (χ2v) is 7.07. The van der Waals surface area contributed by atoms with Crippen molar-refractivity contribution < 1.29 is 14.2 Å². The van der Waals surface area contributed by atoms with E-state index in [0.717, 1.165) is 57.5 Å². The topological polar surface area (TPSA) is 64.1 Å². The molecule has 6 nitrogen and oxygen atoms in total. The van der Waals surface area contributed by atoms with Crippen LogP contribution < -0.4 is 15.4 Å². The van der Waals surface area contributed by atoms with Crippen molar-refractivity contribution in [3.05, 3.63) is 29.8 Å². The highest BCUT2D eigenvalue weighted by Gasteiger charge is 2.44. The summed E-state index contributed by atoms with van der Waals surface area (Å²) < 4.78 is 16.3. The lowest BCUT2D eigenvalue weighted by molar-refractivity contribution is 0.0420. The van der Waals surface area contributed by atoms with Crippen molar-refractivity contribution in [2.24, 2.45) is 4.99 Å². The monoisotopic (exact) mass is 489 g/mol. The fourth-order valence-corrected chi connectivity index (χ4v) is 3.31. The fourth-order valence-electron chi connectivity index (χ4n) is 3.31. The second kappa shape index (κ2) is 11.1. The van der Waals surface area contributed by atoms with E-state index in [-0.39, 0.29) is 35.5 Å². The molecule has 0 aromatic heterocycles. The fraction of sp³-hybridized carbons (Fsp3) is 0.650.